The highest BCUT2D eigenvalue weighted by Crippen LogP contribution is 2.19. The summed E-state index contributed by atoms with van der Waals surface area (Å²) in [5, 5.41) is 0. The van der Waals surface area contributed by atoms with Crippen molar-refractivity contribution in [3.63, 3.8) is 0 Å². The molecule has 2 N–H and O–H groups in total. The Morgan fingerprint density at radius 3 is 2.65 bits per heavy atom. The molecule has 0 aliphatic rings. The molecule has 94 valence electrons. The summed E-state index contributed by atoms with van der Waals surface area (Å²) < 4.78 is 0. The zero-order chi connectivity index (χ0) is 12.8. The monoisotopic (exact) mass is 234 g/mol. The summed E-state index contributed by atoms with van der Waals surface area (Å²) in [5.41, 5.74) is 7.32. The lowest BCUT2D eigenvalue weighted by Gasteiger charge is -2.21. The van der Waals surface area contributed by atoms with E-state index in [1.165, 1.54) is 0 Å². The average Bonchev–Trinajstić information content (AvgIpc) is 2.27. The second-order valence-electron chi connectivity index (χ2n) is 4.67. The van der Waals surface area contributed by atoms with Gasteiger partial charge in [-0.2, -0.15) is 0 Å². The minimum absolute atomic E-state index is 0.173. The number of nitrogens with zero attached hydrogens (tertiary/aromatic N) is 1. The molecule has 0 spiro atoms. The molecule has 0 atom stereocenters. The van der Waals surface area contributed by atoms with Gasteiger partial charge in [-0.3, -0.25) is 4.79 Å². The van der Waals surface area contributed by atoms with E-state index in [1.807, 2.05) is 31.2 Å². The second kappa shape index (κ2) is 6.28. The van der Waals surface area contributed by atoms with Crippen LogP contribution in [0.4, 0.5) is 11.4 Å². The van der Waals surface area contributed by atoms with Crippen LogP contribution in [0.5, 0.6) is 0 Å². The Morgan fingerprint density at radius 2 is 2.12 bits per heavy atom. The normalized spacial score (nSPS) is 10.6. The quantitative estimate of drug-likeness (QED) is 0.796. The Morgan fingerprint density at radius 1 is 1.41 bits per heavy atom. The lowest BCUT2D eigenvalue weighted by Crippen LogP contribution is -2.30. The number of carbonyl (C=O) groups is 1. The molecule has 0 aliphatic carbocycles. The summed E-state index contributed by atoms with van der Waals surface area (Å²) in [4.78, 5) is 13.9. The number of rotatable bonds is 5. The molecule has 1 aromatic rings. The number of hydrogen-bond donors (Lipinski definition) is 1. The van der Waals surface area contributed by atoms with Crippen LogP contribution in [0.1, 0.15) is 33.6 Å². The smallest absolute Gasteiger partial charge is 0.226 e. The molecule has 3 heteroatoms. The number of benzene rings is 1. The Kier molecular flexibility index (Phi) is 5.01. The fourth-order valence-corrected chi connectivity index (χ4v) is 1.74. The molecule has 0 saturated carbocycles. The fourth-order valence-electron chi connectivity index (χ4n) is 1.74. The van der Waals surface area contributed by atoms with Gasteiger partial charge in [0.15, 0.2) is 0 Å². The molecule has 0 fully saturated rings. The average molecular weight is 234 g/mol. The molecule has 0 heterocycles. The largest absolute Gasteiger partial charge is 0.399 e. The van der Waals surface area contributed by atoms with E-state index in [4.69, 9.17) is 5.73 Å². The maximum atomic E-state index is 12.1. The van der Waals surface area contributed by atoms with E-state index in [2.05, 4.69) is 13.8 Å². The van der Waals surface area contributed by atoms with Crippen LogP contribution < -0.4 is 10.6 Å². The Labute approximate surface area is 104 Å². The molecule has 1 aromatic carbocycles. The molecule has 0 bridgehead atoms. The summed E-state index contributed by atoms with van der Waals surface area (Å²) in [5.74, 6) is 0.727. The number of nitrogens with two attached hydrogens (primary N) is 1. The number of amides is 1. The van der Waals surface area contributed by atoms with E-state index < -0.39 is 0 Å². The Balaban J connectivity index is 2.74. The van der Waals surface area contributed by atoms with Crippen molar-refractivity contribution in [2.45, 2.75) is 33.6 Å². The lowest BCUT2D eigenvalue weighted by molar-refractivity contribution is -0.118. The zero-order valence-corrected chi connectivity index (χ0v) is 10.9. The molecular weight excluding hydrogens is 212 g/mol. The Bertz CT molecular complexity index is 374. The summed E-state index contributed by atoms with van der Waals surface area (Å²) in [6.07, 6.45) is 1.53. The highest BCUT2D eigenvalue weighted by atomic mass is 16.2. The van der Waals surface area contributed by atoms with Gasteiger partial charge in [-0.1, -0.05) is 19.9 Å². The van der Waals surface area contributed by atoms with Gasteiger partial charge in [-0.25, -0.2) is 0 Å². The predicted octanol–water partition coefficient (Wildman–Crippen LogP) is 3.06. The summed E-state index contributed by atoms with van der Waals surface area (Å²) in [6.45, 7) is 6.92. The molecule has 1 amide bonds. The van der Waals surface area contributed by atoms with Crippen molar-refractivity contribution < 1.29 is 4.79 Å². The molecule has 0 aliphatic heterocycles. The fraction of sp³-hybridized carbons (Fsp3) is 0.500. The van der Waals surface area contributed by atoms with Crippen molar-refractivity contribution >= 4 is 17.3 Å². The third-order valence-electron chi connectivity index (χ3n) is 2.73. The lowest BCUT2D eigenvalue weighted by atomic mass is 10.1. The van der Waals surface area contributed by atoms with Crippen LogP contribution in [0.15, 0.2) is 24.3 Å². The van der Waals surface area contributed by atoms with Crippen molar-refractivity contribution in [2.24, 2.45) is 5.92 Å². The number of anilines is 2. The van der Waals surface area contributed by atoms with Gasteiger partial charge in [0.05, 0.1) is 0 Å². The summed E-state index contributed by atoms with van der Waals surface area (Å²) in [6, 6.07) is 7.48. The molecule has 3 nitrogen and oxygen atoms in total. The van der Waals surface area contributed by atoms with Gasteiger partial charge in [-0.05, 0) is 37.5 Å². The van der Waals surface area contributed by atoms with Crippen molar-refractivity contribution in [3.8, 4) is 0 Å². The van der Waals surface area contributed by atoms with Gasteiger partial charge in [0.1, 0.15) is 0 Å². The van der Waals surface area contributed by atoms with E-state index in [0.717, 1.165) is 12.1 Å². The first-order chi connectivity index (χ1) is 8.04. The maximum absolute atomic E-state index is 12.1. The van der Waals surface area contributed by atoms with Crippen LogP contribution in [-0.4, -0.2) is 12.5 Å². The van der Waals surface area contributed by atoms with Crippen molar-refractivity contribution in [2.75, 3.05) is 17.2 Å². The molecule has 1 rings (SSSR count). The van der Waals surface area contributed by atoms with Crippen LogP contribution in [0.25, 0.3) is 0 Å². The first kappa shape index (κ1) is 13.6. The topological polar surface area (TPSA) is 46.3 Å². The van der Waals surface area contributed by atoms with Crippen LogP contribution >= 0.6 is 0 Å². The molecule has 0 saturated heterocycles. The van der Waals surface area contributed by atoms with Crippen molar-refractivity contribution in [1.82, 2.24) is 0 Å². The first-order valence-corrected chi connectivity index (χ1v) is 6.20. The number of nitrogen functional groups attached to an aromatic ring is 1. The Hall–Kier alpha value is -1.51. The maximum Gasteiger partial charge on any atom is 0.226 e. The van der Waals surface area contributed by atoms with Crippen LogP contribution in [0, 0.1) is 5.92 Å². The second-order valence-corrected chi connectivity index (χ2v) is 4.67. The van der Waals surface area contributed by atoms with Crippen LogP contribution in [0.3, 0.4) is 0 Å². The van der Waals surface area contributed by atoms with Gasteiger partial charge in [0.2, 0.25) is 5.91 Å². The molecule has 0 unspecified atom stereocenters. The summed E-state index contributed by atoms with van der Waals surface area (Å²) in [7, 11) is 0. The molecule has 0 aromatic heterocycles. The third-order valence-corrected chi connectivity index (χ3v) is 2.73. The third kappa shape index (κ3) is 4.10. The summed E-state index contributed by atoms with van der Waals surface area (Å²) >= 11 is 0. The highest BCUT2D eigenvalue weighted by Gasteiger charge is 2.14. The number of carbonyl (C=O) groups excluding carboxylic acids is 1. The van der Waals surface area contributed by atoms with E-state index in [-0.39, 0.29) is 5.91 Å². The number of hydrogen-bond acceptors (Lipinski definition) is 2. The molecular formula is C14H22N2O. The van der Waals surface area contributed by atoms with Gasteiger partial charge in [-0.15, -0.1) is 0 Å². The van der Waals surface area contributed by atoms with Gasteiger partial charge < -0.3 is 10.6 Å². The minimum atomic E-state index is 0.173. The van der Waals surface area contributed by atoms with E-state index in [1.54, 1.807) is 4.90 Å². The zero-order valence-electron chi connectivity index (χ0n) is 10.9. The molecule has 0 radical (unpaired) electrons. The van der Waals surface area contributed by atoms with Crippen LogP contribution in [-0.2, 0) is 4.79 Å². The van der Waals surface area contributed by atoms with Gasteiger partial charge in [0.25, 0.3) is 0 Å². The van der Waals surface area contributed by atoms with E-state index in [9.17, 15) is 4.79 Å². The van der Waals surface area contributed by atoms with Gasteiger partial charge in [0, 0.05) is 24.3 Å². The predicted molar refractivity (Wildman–Crippen MR) is 73.0 cm³/mol. The van der Waals surface area contributed by atoms with Crippen molar-refractivity contribution in [3.05, 3.63) is 24.3 Å². The van der Waals surface area contributed by atoms with Crippen molar-refractivity contribution in [1.29, 1.82) is 0 Å². The van der Waals surface area contributed by atoms with Crippen LogP contribution in [0.2, 0.25) is 0 Å². The SMILES string of the molecule is CCN(C(=O)CCC(C)C)c1cccc(N)c1. The highest BCUT2D eigenvalue weighted by molar-refractivity contribution is 5.93. The minimum Gasteiger partial charge on any atom is -0.399 e. The van der Waals surface area contributed by atoms with E-state index in [0.29, 0.717) is 24.6 Å². The standard InChI is InChI=1S/C14H22N2O/c1-4-16(14(17)9-8-11(2)3)13-7-5-6-12(15)10-13/h5-7,10-11H,4,8-9,15H2,1-3H3. The first-order valence-electron chi connectivity index (χ1n) is 6.20. The molecule has 17 heavy (non-hydrogen) atoms. The van der Waals surface area contributed by atoms with E-state index >= 15 is 0 Å². The van der Waals surface area contributed by atoms with Gasteiger partial charge >= 0.3 is 0 Å².